The zero-order chi connectivity index (χ0) is 14.5. The molecular formula is C14H18N2O4. The van der Waals surface area contributed by atoms with E-state index in [9.17, 15) is 9.59 Å². The molecule has 1 aromatic rings. The average Bonchev–Trinajstić information content (AvgIpc) is 2.66. The first-order valence-corrected chi connectivity index (χ1v) is 6.58. The smallest absolute Gasteiger partial charge is 0.334 e. The Labute approximate surface area is 117 Å². The van der Waals surface area contributed by atoms with Crippen molar-refractivity contribution in [1.29, 1.82) is 0 Å². The van der Waals surface area contributed by atoms with E-state index in [1.165, 1.54) is 5.56 Å². The summed E-state index contributed by atoms with van der Waals surface area (Å²) in [4.78, 5) is 24.1. The normalized spacial score (nSPS) is 15.9. The number of carbonyl (C=O) groups excluding carboxylic acids is 1. The Hall–Kier alpha value is -2.08. The van der Waals surface area contributed by atoms with E-state index in [0.29, 0.717) is 13.1 Å². The number of hydrogen-bond acceptors (Lipinski definition) is 3. The number of aliphatic hydroxyl groups is 1. The lowest BCUT2D eigenvalue weighted by atomic mass is 10.0. The number of fused-ring (bicyclic) bond motifs is 1. The van der Waals surface area contributed by atoms with Crippen LogP contribution in [0.3, 0.4) is 0 Å². The molecule has 3 N–H and O–H groups in total. The van der Waals surface area contributed by atoms with Gasteiger partial charge in [-0.1, -0.05) is 24.3 Å². The molecule has 0 aromatic heterocycles. The molecular weight excluding hydrogens is 260 g/mol. The maximum absolute atomic E-state index is 12.0. The molecule has 1 aliphatic heterocycles. The van der Waals surface area contributed by atoms with Gasteiger partial charge in [-0.3, -0.25) is 0 Å². The fourth-order valence-corrected chi connectivity index (χ4v) is 2.26. The monoisotopic (exact) mass is 278 g/mol. The maximum Gasteiger partial charge on any atom is 0.334 e. The van der Waals surface area contributed by atoms with Crippen molar-refractivity contribution in [3.05, 3.63) is 35.4 Å². The Kier molecular flexibility index (Phi) is 4.57. The second-order valence-corrected chi connectivity index (χ2v) is 4.83. The van der Waals surface area contributed by atoms with Crippen molar-refractivity contribution >= 4 is 12.0 Å². The van der Waals surface area contributed by atoms with E-state index >= 15 is 0 Å². The van der Waals surface area contributed by atoms with Crippen LogP contribution in [0.1, 0.15) is 17.5 Å². The quantitative estimate of drug-likeness (QED) is 0.755. The minimum atomic E-state index is -1.57. The molecule has 20 heavy (non-hydrogen) atoms. The summed E-state index contributed by atoms with van der Waals surface area (Å²) in [5.74, 6) is -1.34. The zero-order valence-corrected chi connectivity index (χ0v) is 11.1. The van der Waals surface area contributed by atoms with Crippen LogP contribution in [0.15, 0.2) is 24.3 Å². The summed E-state index contributed by atoms with van der Waals surface area (Å²) in [6.07, 6.45) is 0.224. The molecule has 0 spiro atoms. The van der Waals surface area contributed by atoms with E-state index in [-0.39, 0.29) is 12.6 Å². The third-order valence-corrected chi connectivity index (χ3v) is 3.37. The fourth-order valence-electron chi connectivity index (χ4n) is 2.26. The van der Waals surface area contributed by atoms with Gasteiger partial charge in [-0.05, 0) is 24.0 Å². The molecule has 1 atom stereocenters. The summed E-state index contributed by atoms with van der Waals surface area (Å²) >= 11 is 0. The fraction of sp³-hybridized carbons (Fsp3) is 0.429. The van der Waals surface area contributed by atoms with Crippen molar-refractivity contribution in [2.75, 3.05) is 13.1 Å². The van der Waals surface area contributed by atoms with E-state index in [0.717, 1.165) is 18.4 Å². The number of carboxylic acid groups (broad SMARTS) is 1. The van der Waals surface area contributed by atoms with Crippen molar-refractivity contribution in [2.24, 2.45) is 0 Å². The SMILES string of the molecule is O=C(O)[C@@H](O)CNC(=O)N1CCCc2ccccc2C1. The predicted octanol–water partition coefficient (Wildman–Crippen LogP) is 0.590. The van der Waals surface area contributed by atoms with E-state index in [1.807, 2.05) is 18.2 Å². The van der Waals surface area contributed by atoms with Crippen LogP contribution in [0.2, 0.25) is 0 Å². The van der Waals surface area contributed by atoms with E-state index in [1.54, 1.807) is 4.90 Å². The highest BCUT2D eigenvalue weighted by atomic mass is 16.4. The predicted molar refractivity (Wildman–Crippen MR) is 72.2 cm³/mol. The molecule has 6 nitrogen and oxygen atoms in total. The Morgan fingerprint density at radius 1 is 1.30 bits per heavy atom. The highest BCUT2D eigenvalue weighted by Crippen LogP contribution is 2.18. The number of nitrogens with one attached hydrogen (secondary N) is 1. The molecule has 0 fully saturated rings. The topological polar surface area (TPSA) is 89.9 Å². The second-order valence-electron chi connectivity index (χ2n) is 4.83. The molecule has 1 aliphatic rings. The lowest BCUT2D eigenvalue weighted by Crippen LogP contribution is -2.44. The third kappa shape index (κ3) is 3.48. The average molecular weight is 278 g/mol. The number of aryl methyl sites for hydroxylation is 1. The second kappa shape index (κ2) is 6.38. The number of aliphatic carboxylic acids is 1. The number of nitrogens with zero attached hydrogens (tertiary/aromatic N) is 1. The van der Waals surface area contributed by atoms with Crippen LogP contribution < -0.4 is 5.32 Å². The zero-order valence-electron chi connectivity index (χ0n) is 11.1. The van der Waals surface area contributed by atoms with E-state index in [4.69, 9.17) is 10.2 Å². The first kappa shape index (κ1) is 14.3. The number of aliphatic hydroxyl groups excluding tert-OH is 1. The number of rotatable bonds is 3. The molecule has 0 saturated heterocycles. The maximum atomic E-state index is 12.0. The lowest BCUT2D eigenvalue weighted by Gasteiger charge is -2.21. The summed E-state index contributed by atoms with van der Waals surface area (Å²) in [6, 6.07) is 7.63. The molecule has 6 heteroatoms. The molecule has 0 bridgehead atoms. The van der Waals surface area contributed by atoms with Gasteiger partial charge in [0.2, 0.25) is 0 Å². The van der Waals surface area contributed by atoms with Gasteiger partial charge in [0, 0.05) is 13.1 Å². The van der Waals surface area contributed by atoms with E-state index in [2.05, 4.69) is 11.4 Å². The molecule has 0 radical (unpaired) electrons. The molecule has 1 heterocycles. The summed E-state index contributed by atoms with van der Waals surface area (Å²) in [5, 5.41) is 20.2. The Morgan fingerprint density at radius 3 is 2.70 bits per heavy atom. The molecule has 0 aliphatic carbocycles. The number of benzene rings is 1. The van der Waals surface area contributed by atoms with Gasteiger partial charge in [-0.2, -0.15) is 0 Å². The lowest BCUT2D eigenvalue weighted by molar-refractivity contribution is -0.146. The van der Waals surface area contributed by atoms with Crippen LogP contribution in [0.5, 0.6) is 0 Å². The van der Waals surface area contributed by atoms with E-state index < -0.39 is 12.1 Å². The van der Waals surface area contributed by atoms with Gasteiger partial charge in [0.25, 0.3) is 0 Å². The van der Waals surface area contributed by atoms with Crippen LogP contribution in [-0.4, -0.2) is 46.3 Å². The van der Waals surface area contributed by atoms with Gasteiger partial charge >= 0.3 is 12.0 Å². The number of amides is 2. The van der Waals surface area contributed by atoms with Crippen molar-refractivity contribution in [1.82, 2.24) is 10.2 Å². The van der Waals surface area contributed by atoms with Crippen LogP contribution in [0, 0.1) is 0 Å². The van der Waals surface area contributed by atoms with Crippen molar-refractivity contribution in [2.45, 2.75) is 25.5 Å². The molecule has 2 amide bonds. The first-order valence-electron chi connectivity index (χ1n) is 6.58. The summed E-state index contributed by atoms with van der Waals surface area (Å²) in [5.41, 5.74) is 2.35. The number of carboxylic acids is 1. The third-order valence-electron chi connectivity index (χ3n) is 3.37. The van der Waals surface area contributed by atoms with Crippen molar-refractivity contribution < 1.29 is 19.8 Å². The minimum Gasteiger partial charge on any atom is -0.479 e. The van der Waals surface area contributed by atoms with Gasteiger partial charge in [-0.25, -0.2) is 9.59 Å². The summed E-state index contributed by atoms with van der Waals surface area (Å²) < 4.78 is 0. The molecule has 0 unspecified atom stereocenters. The number of carbonyl (C=O) groups is 2. The Balaban J connectivity index is 1.96. The van der Waals surface area contributed by atoms with Gasteiger partial charge < -0.3 is 20.4 Å². The molecule has 1 aromatic carbocycles. The van der Waals surface area contributed by atoms with Gasteiger partial charge in [0.05, 0.1) is 6.54 Å². The van der Waals surface area contributed by atoms with Gasteiger partial charge in [-0.15, -0.1) is 0 Å². The highest BCUT2D eigenvalue weighted by molar-refractivity contribution is 5.76. The van der Waals surface area contributed by atoms with Crippen LogP contribution in [0.4, 0.5) is 4.79 Å². The molecule has 108 valence electrons. The number of hydrogen-bond donors (Lipinski definition) is 3. The molecule has 2 rings (SSSR count). The highest BCUT2D eigenvalue weighted by Gasteiger charge is 2.20. The standard InChI is InChI=1S/C14H18N2O4/c17-12(13(18)19)8-15-14(20)16-7-3-6-10-4-1-2-5-11(10)9-16/h1-2,4-5,12,17H,3,6-9H2,(H,15,20)(H,18,19)/t12-/m0/s1. The minimum absolute atomic E-state index is 0.285. The first-order chi connectivity index (χ1) is 9.58. The van der Waals surface area contributed by atoms with Crippen molar-refractivity contribution in [3.8, 4) is 0 Å². The van der Waals surface area contributed by atoms with Crippen LogP contribution in [-0.2, 0) is 17.8 Å². The van der Waals surface area contributed by atoms with Crippen LogP contribution >= 0.6 is 0 Å². The Morgan fingerprint density at radius 2 is 2.00 bits per heavy atom. The summed E-state index contributed by atoms with van der Waals surface area (Å²) in [7, 11) is 0. The summed E-state index contributed by atoms with van der Waals surface area (Å²) in [6.45, 7) is 0.834. The Bertz CT molecular complexity index is 504. The largest absolute Gasteiger partial charge is 0.479 e. The van der Waals surface area contributed by atoms with Gasteiger partial charge in [0.15, 0.2) is 6.10 Å². The van der Waals surface area contributed by atoms with Crippen LogP contribution in [0.25, 0.3) is 0 Å². The molecule has 0 saturated carbocycles. The van der Waals surface area contributed by atoms with Crippen molar-refractivity contribution in [3.63, 3.8) is 0 Å². The van der Waals surface area contributed by atoms with Gasteiger partial charge in [0.1, 0.15) is 0 Å². The number of urea groups is 1.